The molecule has 3 heterocycles. The summed E-state index contributed by atoms with van der Waals surface area (Å²) in [5.41, 5.74) is 1.30. The molecule has 0 aliphatic heterocycles. The first kappa shape index (κ1) is 23.4. The van der Waals surface area contributed by atoms with Gasteiger partial charge in [0.2, 0.25) is 0 Å². The molecule has 6 nitrogen and oxygen atoms in total. The Morgan fingerprint density at radius 1 is 1.09 bits per heavy atom. The summed E-state index contributed by atoms with van der Waals surface area (Å²) in [5.74, 6) is 5.91. The highest BCUT2D eigenvalue weighted by Gasteiger charge is 2.13. The molecule has 0 aliphatic carbocycles. The number of aromatic nitrogens is 2. The van der Waals surface area contributed by atoms with Crippen LogP contribution in [0.25, 0.3) is 10.2 Å². The highest BCUT2D eigenvalue weighted by molar-refractivity contribution is 7.19. The highest BCUT2D eigenvalue weighted by Crippen LogP contribution is 2.35. The smallest absolute Gasteiger partial charge is 0.274 e. The lowest BCUT2D eigenvalue weighted by atomic mass is 10.2. The predicted octanol–water partition coefficient (Wildman–Crippen LogP) is 5.57. The molecule has 1 aromatic carbocycles. The van der Waals surface area contributed by atoms with Crippen LogP contribution in [0.4, 0.5) is 10.1 Å². The first-order chi connectivity index (χ1) is 16.6. The third-order valence-electron chi connectivity index (χ3n) is 5.09. The van der Waals surface area contributed by atoms with Gasteiger partial charge in [0.05, 0.1) is 21.6 Å². The van der Waals surface area contributed by atoms with Gasteiger partial charge in [-0.1, -0.05) is 31.8 Å². The van der Waals surface area contributed by atoms with Crippen LogP contribution in [-0.2, 0) is 0 Å². The number of nitrogens with zero attached hydrogens (tertiary/aromatic N) is 3. The van der Waals surface area contributed by atoms with Crippen LogP contribution in [0.15, 0.2) is 60.9 Å². The Morgan fingerprint density at radius 3 is 2.68 bits per heavy atom. The number of halogens is 1. The van der Waals surface area contributed by atoms with Gasteiger partial charge in [-0.15, -0.1) is 11.3 Å². The number of ether oxygens (including phenoxy) is 1. The standard InChI is InChI=1S/C26H23FN4O2S/c1-3-31(4-2)15-7-8-19-17-22-25(34-19)24(12-14-29-22)33-23-11-10-18(16-20(23)27)30-26(32)21-9-5-6-13-28-21/h5-6,9-14,16-17H,3-4,15H2,1-2H3,(H,30,32). The van der Waals surface area contributed by atoms with Crippen molar-refractivity contribution in [3.63, 3.8) is 0 Å². The molecule has 1 N–H and O–H groups in total. The SMILES string of the molecule is CCN(CC)CC#Cc1cc2nccc(Oc3ccc(NC(=O)c4ccccn4)cc3F)c2s1. The van der Waals surface area contributed by atoms with Crippen molar-refractivity contribution in [1.82, 2.24) is 14.9 Å². The van der Waals surface area contributed by atoms with E-state index in [9.17, 15) is 9.18 Å². The van der Waals surface area contributed by atoms with Gasteiger partial charge in [0, 0.05) is 30.2 Å². The Hall–Kier alpha value is -3.80. The van der Waals surface area contributed by atoms with Crippen molar-refractivity contribution in [3.05, 3.63) is 77.3 Å². The third-order valence-corrected chi connectivity index (χ3v) is 6.15. The molecule has 0 spiro atoms. The molecule has 0 saturated carbocycles. The van der Waals surface area contributed by atoms with Crippen LogP contribution in [0.2, 0.25) is 0 Å². The lowest BCUT2D eigenvalue weighted by Crippen LogP contribution is -2.22. The molecule has 0 atom stereocenters. The average molecular weight is 475 g/mol. The molecule has 34 heavy (non-hydrogen) atoms. The van der Waals surface area contributed by atoms with Crippen LogP contribution >= 0.6 is 11.3 Å². The molecule has 0 radical (unpaired) electrons. The molecule has 0 aliphatic rings. The normalized spacial score (nSPS) is 10.7. The minimum absolute atomic E-state index is 0.0471. The summed E-state index contributed by atoms with van der Waals surface area (Å²) in [6.07, 6.45) is 3.14. The van der Waals surface area contributed by atoms with E-state index in [1.807, 2.05) is 6.07 Å². The van der Waals surface area contributed by atoms with Gasteiger partial charge in [-0.2, -0.15) is 0 Å². The van der Waals surface area contributed by atoms with Crippen molar-refractivity contribution in [2.45, 2.75) is 13.8 Å². The summed E-state index contributed by atoms with van der Waals surface area (Å²) in [4.78, 5) is 23.7. The fourth-order valence-electron chi connectivity index (χ4n) is 3.21. The van der Waals surface area contributed by atoms with E-state index >= 15 is 0 Å². The Morgan fingerprint density at radius 2 is 1.94 bits per heavy atom. The third kappa shape index (κ3) is 5.57. The summed E-state index contributed by atoms with van der Waals surface area (Å²) in [7, 11) is 0. The molecule has 0 bridgehead atoms. The summed E-state index contributed by atoms with van der Waals surface area (Å²) < 4.78 is 21.4. The molecule has 0 fully saturated rings. The molecular formula is C26H23FN4O2S. The lowest BCUT2D eigenvalue weighted by Gasteiger charge is -2.12. The Kier molecular flexibility index (Phi) is 7.48. The quantitative estimate of drug-likeness (QED) is 0.355. The first-order valence-electron chi connectivity index (χ1n) is 10.9. The summed E-state index contributed by atoms with van der Waals surface area (Å²) in [6, 6.07) is 12.9. The van der Waals surface area contributed by atoms with Crippen molar-refractivity contribution in [2.75, 3.05) is 25.0 Å². The van der Waals surface area contributed by atoms with Crippen LogP contribution in [0.5, 0.6) is 11.5 Å². The predicted molar refractivity (Wildman–Crippen MR) is 133 cm³/mol. The number of hydrogen-bond donors (Lipinski definition) is 1. The van der Waals surface area contributed by atoms with Gasteiger partial charge < -0.3 is 10.1 Å². The van der Waals surface area contributed by atoms with Crippen molar-refractivity contribution in [2.24, 2.45) is 0 Å². The van der Waals surface area contributed by atoms with Crippen LogP contribution < -0.4 is 10.1 Å². The second-order valence-electron chi connectivity index (χ2n) is 7.31. The lowest BCUT2D eigenvalue weighted by molar-refractivity contribution is 0.102. The van der Waals surface area contributed by atoms with E-state index in [-0.39, 0.29) is 11.4 Å². The van der Waals surface area contributed by atoms with Crippen molar-refractivity contribution in [3.8, 4) is 23.3 Å². The maximum atomic E-state index is 14.8. The van der Waals surface area contributed by atoms with Gasteiger partial charge in [-0.25, -0.2) is 4.39 Å². The molecule has 0 saturated heterocycles. The fourth-order valence-corrected chi connectivity index (χ4v) is 4.15. The van der Waals surface area contributed by atoms with E-state index < -0.39 is 11.7 Å². The number of fused-ring (bicyclic) bond motifs is 1. The number of pyridine rings is 2. The zero-order valence-electron chi connectivity index (χ0n) is 18.8. The topological polar surface area (TPSA) is 67.3 Å². The van der Waals surface area contributed by atoms with Crippen LogP contribution in [0.1, 0.15) is 29.2 Å². The number of rotatable bonds is 7. The van der Waals surface area contributed by atoms with Gasteiger partial charge in [0.25, 0.3) is 5.91 Å². The van der Waals surface area contributed by atoms with E-state index in [4.69, 9.17) is 4.74 Å². The number of anilines is 1. The number of benzene rings is 1. The maximum Gasteiger partial charge on any atom is 0.274 e. The van der Waals surface area contributed by atoms with Gasteiger partial charge in [0.1, 0.15) is 11.4 Å². The van der Waals surface area contributed by atoms with Gasteiger partial charge in [0.15, 0.2) is 11.6 Å². The second kappa shape index (κ2) is 10.9. The number of carbonyl (C=O) groups is 1. The number of carbonyl (C=O) groups excluding carboxylic acids is 1. The largest absolute Gasteiger partial charge is 0.453 e. The fraction of sp³-hybridized carbons (Fsp3) is 0.192. The molecule has 172 valence electrons. The van der Waals surface area contributed by atoms with Crippen molar-refractivity contribution >= 4 is 33.1 Å². The van der Waals surface area contributed by atoms with E-state index in [1.165, 1.54) is 29.7 Å². The van der Waals surface area contributed by atoms with E-state index in [1.54, 1.807) is 36.5 Å². The molecule has 4 rings (SSSR count). The van der Waals surface area contributed by atoms with Gasteiger partial charge in [-0.05, 0) is 43.4 Å². The zero-order chi connectivity index (χ0) is 23.9. The molecule has 8 heteroatoms. The Balaban J connectivity index is 1.50. The number of hydrogen-bond acceptors (Lipinski definition) is 6. The van der Waals surface area contributed by atoms with Crippen LogP contribution in [-0.4, -0.2) is 40.4 Å². The second-order valence-corrected chi connectivity index (χ2v) is 8.37. The van der Waals surface area contributed by atoms with E-state index in [0.29, 0.717) is 18.0 Å². The van der Waals surface area contributed by atoms with Crippen LogP contribution in [0.3, 0.4) is 0 Å². The van der Waals surface area contributed by atoms with Crippen LogP contribution in [0, 0.1) is 17.7 Å². The molecular weight excluding hydrogens is 451 g/mol. The minimum Gasteiger partial charge on any atom is -0.453 e. The van der Waals surface area contributed by atoms with E-state index in [2.05, 4.69) is 45.9 Å². The molecule has 4 aromatic rings. The summed E-state index contributed by atoms with van der Waals surface area (Å²) in [6.45, 7) is 6.82. The number of amides is 1. The first-order valence-corrected chi connectivity index (χ1v) is 11.7. The molecule has 3 aromatic heterocycles. The van der Waals surface area contributed by atoms with Gasteiger partial charge >= 0.3 is 0 Å². The number of nitrogens with one attached hydrogen (secondary N) is 1. The average Bonchev–Trinajstić information content (AvgIpc) is 3.28. The van der Waals surface area contributed by atoms with Gasteiger partial charge in [-0.3, -0.25) is 19.7 Å². The zero-order valence-corrected chi connectivity index (χ0v) is 19.7. The molecule has 1 amide bonds. The Bertz CT molecular complexity index is 1360. The van der Waals surface area contributed by atoms with Crippen molar-refractivity contribution in [1.29, 1.82) is 0 Å². The monoisotopic (exact) mass is 474 g/mol. The summed E-state index contributed by atoms with van der Waals surface area (Å²) >= 11 is 1.46. The summed E-state index contributed by atoms with van der Waals surface area (Å²) in [5, 5.41) is 2.64. The van der Waals surface area contributed by atoms with E-state index in [0.717, 1.165) is 28.2 Å². The maximum absolute atomic E-state index is 14.8. The van der Waals surface area contributed by atoms with Crippen molar-refractivity contribution < 1.29 is 13.9 Å². The minimum atomic E-state index is -0.598. The number of thiophene rings is 1. The Labute approximate surface area is 201 Å². The highest BCUT2D eigenvalue weighted by atomic mass is 32.1. The molecule has 0 unspecified atom stereocenters.